The molecule has 0 fully saturated rings. The number of hydrogen-bond donors (Lipinski definition) is 2. The molecule has 3 aromatic carbocycles. The number of hydroxylamine groups is 1. The normalized spacial score (nSPS) is 11.4. The van der Waals surface area contributed by atoms with E-state index in [9.17, 15) is 4.79 Å². The van der Waals surface area contributed by atoms with Gasteiger partial charge in [-0.2, -0.15) is 0 Å². The van der Waals surface area contributed by atoms with Gasteiger partial charge >= 0.3 is 0 Å². The van der Waals surface area contributed by atoms with E-state index in [-0.39, 0.29) is 0 Å². The van der Waals surface area contributed by atoms with E-state index in [2.05, 4.69) is 41.3 Å². The van der Waals surface area contributed by atoms with E-state index in [0.717, 1.165) is 40.8 Å². The fraction of sp³-hybridized carbons (Fsp3) is 0.111. The summed E-state index contributed by atoms with van der Waals surface area (Å²) in [5, 5.41) is 10.3. The Morgan fingerprint density at radius 1 is 0.909 bits per heavy atom. The Labute approximate surface area is 197 Å². The minimum atomic E-state index is -0.557. The average Bonchev–Trinajstić information content (AvgIpc) is 2.84. The quantitative estimate of drug-likeness (QED) is 0.205. The third-order valence-corrected chi connectivity index (χ3v) is 5.50. The summed E-state index contributed by atoms with van der Waals surface area (Å²) < 4.78 is 0. The van der Waals surface area contributed by atoms with E-state index >= 15 is 0 Å². The molecule has 33 heavy (non-hydrogen) atoms. The zero-order valence-electron chi connectivity index (χ0n) is 18.0. The summed E-state index contributed by atoms with van der Waals surface area (Å²) in [5.74, 6) is -0.557. The van der Waals surface area contributed by atoms with Crippen LogP contribution in [-0.4, -0.2) is 21.0 Å². The number of aromatic nitrogens is 1. The van der Waals surface area contributed by atoms with Gasteiger partial charge in [0.15, 0.2) is 0 Å². The highest BCUT2D eigenvalue weighted by atomic mass is 35.5. The van der Waals surface area contributed by atoms with Gasteiger partial charge in [-0.1, -0.05) is 72.3 Å². The van der Waals surface area contributed by atoms with Crippen molar-refractivity contribution in [2.45, 2.75) is 19.6 Å². The number of halogens is 1. The summed E-state index contributed by atoms with van der Waals surface area (Å²) in [7, 11) is 0. The molecule has 0 aliphatic rings. The number of carbonyl (C=O) groups excluding carboxylic acids is 1. The molecule has 0 spiro atoms. The van der Waals surface area contributed by atoms with Gasteiger partial charge in [-0.25, -0.2) is 5.48 Å². The molecule has 2 N–H and O–H groups in total. The molecule has 5 nitrogen and oxygen atoms in total. The zero-order valence-corrected chi connectivity index (χ0v) is 18.7. The Morgan fingerprint density at radius 2 is 1.64 bits per heavy atom. The molecule has 1 amide bonds. The first-order valence-electron chi connectivity index (χ1n) is 10.6. The third kappa shape index (κ3) is 6.49. The Kier molecular flexibility index (Phi) is 7.47. The molecule has 0 bridgehead atoms. The molecule has 4 rings (SSSR count). The van der Waals surface area contributed by atoms with Crippen LogP contribution in [0, 0.1) is 0 Å². The van der Waals surface area contributed by atoms with Crippen LogP contribution in [0.4, 0.5) is 0 Å². The molecular formula is C27H24ClN3O2. The molecule has 6 heteroatoms. The third-order valence-electron chi connectivity index (χ3n) is 5.27. The lowest BCUT2D eigenvalue weighted by Gasteiger charge is -2.22. The van der Waals surface area contributed by atoms with E-state index in [1.807, 2.05) is 48.5 Å². The van der Waals surface area contributed by atoms with Crippen LogP contribution in [0.15, 0.2) is 91.0 Å². The van der Waals surface area contributed by atoms with Gasteiger partial charge < -0.3 is 0 Å². The van der Waals surface area contributed by atoms with Crippen LogP contribution in [0.2, 0.25) is 5.02 Å². The van der Waals surface area contributed by atoms with Crippen LogP contribution >= 0.6 is 11.6 Å². The topological polar surface area (TPSA) is 65.5 Å². The van der Waals surface area contributed by atoms with E-state index in [0.29, 0.717) is 11.6 Å². The maximum atomic E-state index is 11.2. The fourth-order valence-electron chi connectivity index (χ4n) is 3.67. The number of nitrogens with zero attached hydrogens (tertiary/aromatic N) is 2. The predicted octanol–water partition coefficient (Wildman–Crippen LogP) is 5.61. The molecule has 0 aliphatic heterocycles. The zero-order chi connectivity index (χ0) is 23.0. The molecule has 1 heterocycles. The molecular weight excluding hydrogens is 434 g/mol. The first-order valence-corrected chi connectivity index (χ1v) is 11.0. The van der Waals surface area contributed by atoms with Gasteiger partial charge in [-0.3, -0.25) is 19.9 Å². The summed E-state index contributed by atoms with van der Waals surface area (Å²) in [5.41, 5.74) is 6.79. The van der Waals surface area contributed by atoms with Gasteiger partial charge in [0.05, 0.1) is 11.2 Å². The molecule has 0 saturated carbocycles. The first-order chi connectivity index (χ1) is 16.1. The van der Waals surface area contributed by atoms with Crippen molar-refractivity contribution in [1.82, 2.24) is 15.4 Å². The van der Waals surface area contributed by atoms with Crippen molar-refractivity contribution in [2.24, 2.45) is 0 Å². The Balaban J connectivity index is 1.53. The second-order valence-electron chi connectivity index (χ2n) is 7.82. The standard InChI is InChI=1S/C27H24ClN3O2/c28-24-12-14-26-23(16-24)11-13-25(29-26)19-31(17-21-4-2-1-3-5-21)18-22-8-6-20(7-9-22)10-15-27(32)30-33/h1-16,33H,17-19H2,(H,30,32)/b15-10+. The summed E-state index contributed by atoms with van der Waals surface area (Å²) >= 11 is 6.11. The maximum Gasteiger partial charge on any atom is 0.267 e. The predicted molar refractivity (Wildman–Crippen MR) is 132 cm³/mol. The molecule has 0 aliphatic carbocycles. The highest BCUT2D eigenvalue weighted by Crippen LogP contribution is 2.20. The van der Waals surface area contributed by atoms with Gasteiger partial charge in [0.2, 0.25) is 0 Å². The van der Waals surface area contributed by atoms with Crippen LogP contribution in [0.5, 0.6) is 0 Å². The summed E-state index contributed by atoms with van der Waals surface area (Å²) in [6.07, 6.45) is 2.94. The molecule has 166 valence electrons. The lowest BCUT2D eigenvalue weighted by Crippen LogP contribution is -2.23. The molecule has 0 atom stereocenters. The number of carbonyl (C=O) groups is 1. The van der Waals surface area contributed by atoms with Crippen LogP contribution < -0.4 is 5.48 Å². The van der Waals surface area contributed by atoms with Crippen LogP contribution in [0.3, 0.4) is 0 Å². The van der Waals surface area contributed by atoms with Crippen molar-refractivity contribution in [3.63, 3.8) is 0 Å². The number of pyridine rings is 1. The Bertz CT molecular complexity index is 1260. The van der Waals surface area contributed by atoms with E-state index in [4.69, 9.17) is 21.8 Å². The van der Waals surface area contributed by atoms with E-state index in [1.165, 1.54) is 11.6 Å². The Hall–Kier alpha value is -3.51. The fourth-order valence-corrected chi connectivity index (χ4v) is 3.85. The molecule has 1 aromatic heterocycles. The number of nitrogens with one attached hydrogen (secondary N) is 1. The van der Waals surface area contributed by atoms with Crippen molar-refractivity contribution >= 4 is 34.5 Å². The van der Waals surface area contributed by atoms with Crippen LogP contribution in [0.1, 0.15) is 22.4 Å². The Morgan fingerprint density at radius 3 is 2.36 bits per heavy atom. The van der Waals surface area contributed by atoms with Gasteiger partial charge in [0.1, 0.15) is 0 Å². The van der Waals surface area contributed by atoms with Crippen LogP contribution in [-0.2, 0) is 24.4 Å². The summed E-state index contributed by atoms with van der Waals surface area (Å²) in [4.78, 5) is 18.4. The second-order valence-corrected chi connectivity index (χ2v) is 8.26. The van der Waals surface area contributed by atoms with Gasteiger partial charge in [-0.15, -0.1) is 0 Å². The minimum Gasteiger partial charge on any atom is -0.289 e. The highest BCUT2D eigenvalue weighted by Gasteiger charge is 2.10. The van der Waals surface area contributed by atoms with Gasteiger partial charge in [-0.05, 0) is 47.0 Å². The van der Waals surface area contributed by atoms with Gasteiger partial charge in [0, 0.05) is 36.1 Å². The van der Waals surface area contributed by atoms with Crippen molar-refractivity contribution in [3.8, 4) is 0 Å². The lowest BCUT2D eigenvalue weighted by atomic mass is 10.1. The average molecular weight is 458 g/mol. The van der Waals surface area contributed by atoms with Crippen molar-refractivity contribution in [1.29, 1.82) is 0 Å². The number of fused-ring (bicyclic) bond motifs is 1. The largest absolute Gasteiger partial charge is 0.289 e. The number of rotatable bonds is 8. The maximum absolute atomic E-state index is 11.2. The van der Waals surface area contributed by atoms with E-state index < -0.39 is 5.91 Å². The van der Waals surface area contributed by atoms with Crippen molar-refractivity contribution < 1.29 is 10.0 Å². The van der Waals surface area contributed by atoms with E-state index in [1.54, 1.807) is 11.6 Å². The minimum absolute atomic E-state index is 0.557. The van der Waals surface area contributed by atoms with Crippen LogP contribution in [0.25, 0.3) is 17.0 Å². The molecule has 4 aromatic rings. The molecule has 0 radical (unpaired) electrons. The summed E-state index contributed by atoms with van der Waals surface area (Å²) in [6, 6.07) is 28.2. The lowest BCUT2D eigenvalue weighted by molar-refractivity contribution is -0.124. The number of hydrogen-bond acceptors (Lipinski definition) is 4. The number of benzene rings is 3. The first kappa shape index (κ1) is 22.7. The summed E-state index contributed by atoms with van der Waals surface area (Å²) in [6.45, 7) is 2.24. The molecule has 0 saturated heterocycles. The number of amides is 1. The van der Waals surface area contributed by atoms with Crippen molar-refractivity contribution in [2.75, 3.05) is 0 Å². The molecule has 0 unspecified atom stereocenters. The van der Waals surface area contributed by atoms with Crippen molar-refractivity contribution in [3.05, 3.63) is 118 Å². The SMILES string of the molecule is O=C(/C=C/c1ccc(CN(Cc2ccccc2)Cc2ccc3cc(Cl)ccc3n2)cc1)NO. The van der Waals surface area contributed by atoms with Gasteiger partial charge in [0.25, 0.3) is 5.91 Å². The highest BCUT2D eigenvalue weighted by molar-refractivity contribution is 6.31. The monoisotopic (exact) mass is 457 g/mol. The second kappa shape index (κ2) is 10.9. The smallest absolute Gasteiger partial charge is 0.267 e.